The van der Waals surface area contributed by atoms with Crippen LogP contribution < -0.4 is 0 Å². The van der Waals surface area contributed by atoms with E-state index in [9.17, 15) is 0 Å². The van der Waals surface area contributed by atoms with Crippen LogP contribution >= 0.6 is 0 Å². The number of fused-ring (bicyclic) bond motifs is 7. The van der Waals surface area contributed by atoms with Crippen LogP contribution in [-0.2, 0) is 0 Å². The second kappa shape index (κ2) is 11.1. The highest BCUT2D eigenvalue weighted by Gasteiger charge is 2.24. The van der Waals surface area contributed by atoms with E-state index in [0.29, 0.717) is 0 Å². The van der Waals surface area contributed by atoms with Crippen LogP contribution in [0.3, 0.4) is 0 Å². The molecule has 1 aromatic heterocycles. The highest BCUT2D eigenvalue weighted by Crippen LogP contribution is 2.51. The van der Waals surface area contributed by atoms with Gasteiger partial charge in [-0.2, -0.15) is 0 Å². The van der Waals surface area contributed by atoms with E-state index in [1.807, 2.05) is 0 Å². The lowest BCUT2D eigenvalue weighted by Crippen LogP contribution is -1.95. The summed E-state index contributed by atoms with van der Waals surface area (Å²) in [5, 5.41) is 9.65. The number of rotatable bonds is 4. The van der Waals surface area contributed by atoms with Gasteiger partial charge in [0, 0.05) is 10.8 Å². The lowest BCUT2D eigenvalue weighted by atomic mass is 9.80. The molecule has 1 heterocycles. The first-order valence-corrected chi connectivity index (χ1v) is 16.9. The molecule has 0 fully saturated rings. The Morgan fingerprint density at radius 1 is 0.265 bits per heavy atom. The monoisotopic (exact) mass is 622 g/mol. The molecule has 0 bridgehead atoms. The third kappa shape index (κ3) is 4.26. The Morgan fingerprint density at radius 2 is 0.735 bits per heavy atom. The van der Waals surface area contributed by atoms with E-state index in [-0.39, 0.29) is 0 Å². The molecular formula is C48H30O. The van der Waals surface area contributed by atoms with Crippen LogP contribution in [0.1, 0.15) is 0 Å². The summed E-state index contributed by atoms with van der Waals surface area (Å²) in [5.41, 5.74) is 11.6. The van der Waals surface area contributed by atoms with Gasteiger partial charge in [0.05, 0.1) is 0 Å². The van der Waals surface area contributed by atoms with Crippen molar-refractivity contribution >= 4 is 54.3 Å². The molecule has 0 spiro atoms. The van der Waals surface area contributed by atoms with Crippen LogP contribution in [0.15, 0.2) is 186 Å². The smallest absolute Gasteiger partial charge is 0.136 e. The fourth-order valence-corrected chi connectivity index (χ4v) is 8.02. The molecule has 0 aliphatic carbocycles. The topological polar surface area (TPSA) is 13.1 Å². The minimum Gasteiger partial charge on any atom is -0.456 e. The SMILES string of the molecule is c1ccc(-c2cccc(-c3ccccc3)c2-c2c3ccccc3c(-c3cccc4oc5ccc6ccccc6c5c34)c3ccccc23)cc1. The first kappa shape index (κ1) is 27.7. The van der Waals surface area contributed by atoms with Crippen LogP contribution in [0.4, 0.5) is 0 Å². The van der Waals surface area contributed by atoms with Crippen molar-refractivity contribution in [1.82, 2.24) is 0 Å². The Bertz CT molecular complexity index is 2750. The minimum atomic E-state index is 0.905. The van der Waals surface area contributed by atoms with E-state index < -0.39 is 0 Å². The Kier molecular flexibility index (Phi) is 6.25. The molecule has 0 unspecified atom stereocenters. The average Bonchev–Trinajstić information content (AvgIpc) is 3.57. The van der Waals surface area contributed by atoms with Gasteiger partial charge < -0.3 is 4.42 Å². The van der Waals surface area contributed by atoms with Crippen molar-refractivity contribution < 1.29 is 4.42 Å². The van der Waals surface area contributed by atoms with Crippen molar-refractivity contribution in [3.63, 3.8) is 0 Å². The second-order valence-electron chi connectivity index (χ2n) is 12.7. The summed E-state index contributed by atoms with van der Waals surface area (Å²) in [7, 11) is 0. The standard InChI is InChI=1S/C48H30O/c1-3-15-31(16-4-1)34-25-13-26-35(32-17-5-2-6-18-32)45(34)46-39-23-11-9-21-37(39)44(38-22-10-12-24-40(38)46)41-27-14-28-42-48(41)47-36-20-8-7-19-33(36)29-30-43(47)49-42/h1-30H. The minimum absolute atomic E-state index is 0.905. The number of benzene rings is 9. The van der Waals surface area contributed by atoms with Crippen molar-refractivity contribution in [2.24, 2.45) is 0 Å². The molecule has 0 radical (unpaired) electrons. The molecule has 228 valence electrons. The lowest BCUT2D eigenvalue weighted by molar-refractivity contribution is 0.669. The van der Waals surface area contributed by atoms with Gasteiger partial charge in [-0.25, -0.2) is 0 Å². The Hall–Kier alpha value is -6.44. The third-order valence-corrected chi connectivity index (χ3v) is 10.1. The van der Waals surface area contributed by atoms with Crippen LogP contribution in [0.25, 0.3) is 98.8 Å². The van der Waals surface area contributed by atoms with Gasteiger partial charge in [0.2, 0.25) is 0 Å². The first-order valence-electron chi connectivity index (χ1n) is 16.9. The van der Waals surface area contributed by atoms with Gasteiger partial charge in [-0.3, -0.25) is 0 Å². The molecule has 49 heavy (non-hydrogen) atoms. The highest BCUT2D eigenvalue weighted by molar-refractivity contribution is 6.29. The maximum absolute atomic E-state index is 6.57. The molecule has 0 saturated heterocycles. The maximum Gasteiger partial charge on any atom is 0.136 e. The average molecular weight is 623 g/mol. The molecule has 10 aromatic rings. The Labute approximate surface area is 284 Å². The largest absolute Gasteiger partial charge is 0.456 e. The normalized spacial score (nSPS) is 11.7. The molecule has 10 rings (SSSR count). The van der Waals surface area contributed by atoms with Crippen molar-refractivity contribution in [3.05, 3.63) is 182 Å². The molecule has 0 aliphatic rings. The summed E-state index contributed by atoms with van der Waals surface area (Å²) in [6.45, 7) is 0. The summed E-state index contributed by atoms with van der Waals surface area (Å²) in [6, 6.07) is 65.7. The van der Waals surface area contributed by atoms with E-state index in [1.54, 1.807) is 0 Å². The zero-order valence-corrected chi connectivity index (χ0v) is 26.7. The summed E-state index contributed by atoms with van der Waals surface area (Å²) in [4.78, 5) is 0. The molecule has 0 atom stereocenters. The number of hydrogen-bond donors (Lipinski definition) is 0. The van der Waals surface area contributed by atoms with Gasteiger partial charge in [0.15, 0.2) is 0 Å². The summed E-state index contributed by atoms with van der Waals surface area (Å²) in [6.07, 6.45) is 0. The molecule has 1 nitrogen and oxygen atoms in total. The number of furan rings is 1. The van der Waals surface area contributed by atoms with Crippen molar-refractivity contribution in [2.45, 2.75) is 0 Å². The van der Waals surface area contributed by atoms with Crippen molar-refractivity contribution in [1.29, 1.82) is 0 Å². The van der Waals surface area contributed by atoms with Gasteiger partial charge in [-0.05, 0) is 89.0 Å². The van der Waals surface area contributed by atoms with E-state index in [4.69, 9.17) is 4.42 Å². The van der Waals surface area contributed by atoms with E-state index in [1.165, 1.54) is 82.2 Å². The van der Waals surface area contributed by atoms with E-state index >= 15 is 0 Å². The molecule has 9 aromatic carbocycles. The van der Waals surface area contributed by atoms with Gasteiger partial charge in [-0.1, -0.05) is 170 Å². The molecule has 0 N–H and O–H groups in total. The van der Waals surface area contributed by atoms with E-state index in [0.717, 1.165) is 16.6 Å². The second-order valence-corrected chi connectivity index (χ2v) is 12.7. The van der Waals surface area contributed by atoms with Crippen LogP contribution in [0.2, 0.25) is 0 Å². The predicted octanol–water partition coefficient (Wildman–Crippen LogP) is 13.7. The fourth-order valence-electron chi connectivity index (χ4n) is 8.02. The Balaban J connectivity index is 1.39. The van der Waals surface area contributed by atoms with Crippen LogP contribution in [0, 0.1) is 0 Å². The third-order valence-electron chi connectivity index (χ3n) is 10.1. The summed E-state index contributed by atoms with van der Waals surface area (Å²) < 4.78 is 6.57. The predicted molar refractivity (Wildman–Crippen MR) is 208 cm³/mol. The zero-order valence-electron chi connectivity index (χ0n) is 26.7. The van der Waals surface area contributed by atoms with Gasteiger partial charge in [0.1, 0.15) is 11.2 Å². The van der Waals surface area contributed by atoms with Gasteiger partial charge >= 0.3 is 0 Å². The Morgan fingerprint density at radius 3 is 1.35 bits per heavy atom. The fraction of sp³-hybridized carbons (Fsp3) is 0. The van der Waals surface area contributed by atoms with Gasteiger partial charge in [-0.15, -0.1) is 0 Å². The molecule has 1 heteroatoms. The first-order chi connectivity index (χ1) is 24.3. The summed E-state index contributed by atoms with van der Waals surface area (Å²) in [5.74, 6) is 0. The molecular weight excluding hydrogens is 593 g/mol. The van der Waals surface area contributed by atoms with Crippen molar-refractivity contribution in [3.8, 4) is 44.5 Å². The molecule has 0 aliphatic heterocycles. The lowest BCUT2D eigenvalue weighted by Gasteiger charge is -2.22. The summed E-state index contributed by atoms with van der Waals surface area (Å²) >= 11 is 0. The quantitative estimate of drug-likeness (QED) is 0.178. The molecule has 0 amide bonds. The van der Waals surface area contributed by atoms with Crippen LogP contribution in [0.5, 0.6) is 0 Å². The van der Waals surface area contributed by atoms with E-state index in [2.05, 4.69) is 182 Å². The number of hydrogen-bond acceptors (Lipinski definition) is 1. The molecule has 0 saturated carbocycles. The highest BCUT2D eigenvalue weighted by atomic mass is 16.3. The zero-order chi connectivity index (χ0) is 32.3. The van der Waals surface area contributed by atoms with Crippen LogP contribution in [-0.4, -0.2) is 0 Å². The maximum atomic E-state index is 6.57. The van der Waals surface area contributed by atoms with Crippen molar-refractivity contribution in [2.75, 3.05) is 0 Å². The van der Waals surface area contributed by atoms with Gasteiger partial charge in [0.25, 0.3) is 0 Å².